The molecule has 138 valence electrons. The number of aryl methyl sites for hydroxylation is 1. The van der Waals surface area contributed by atoms with Crippen molar-refractivity contribution in [3.8, 4) is 0 Å². The predicted molar refractivity (Wildman–Crippen MR) is 93.2 cm³/mol. The molecule has 0 unspecified atom stereocenters. The highest BCUT2D eigenvalue weighted by Crippen LogP contribution is 2.16. The van der Waals surface area contributed by atoms with Gasteiger partial charge in [-0.15, -0.1) is 10.2 Å². The van der Waals surface area contributed by atoms with Crippen molar-refractivity contribution in [1.29, 1.82) is 0 Å². The van der Waals surface area contributed by atoms with E-state index in [4.69, 9.17) is 0 Å². The summed E-state index contributed by atoms with van der Waals surface area (Å²) in [6, 6.07) is 7.54. The number of nitrogens with zero attached hydrogens (tertiary/aromatic N) is 5. The Morgan fingerprint density at radius 3 is 3.00 bits per heavy atom. The Hall–Kier alpha value is -3.36. The molecule has 0 bridgehead atoms. The molecule has 1 saturated heterocycles. The van der Waals surface area contributed by atoms with Gasteiger partial charge in [-0.2, -0.15) is 0 Å². The molecule has 1 aromatic carbocycles. The number of fused-ring (bicyclic) bond motifs is 1. The Morgan fingerprint density at radius 1 is 1.33 bits per heavy atom. The zero-order chi connectivity index (χ0) is 19.0. The van der Waals surface area contributed by atoms with E-state index in [9.17, 15) is 14.0 Å². The molecule has 9 heteroatoms. The van der Waals surface area contributed by atoms with E-state index in [-0.39, 0.29) is 30.0 Å². The minimum atomic E-state index is -0.418. The Bertz CT molecular complexity index is 1030. The number of amides is 2. The largest absolute Gasteiger partial charge is 0.344 e. The molecule has 1 aliphatic rings. The van der Waals surface area contributed by atoms with E-state index in [1.807, 2.05) is 6.92 Å². The molecule has 1 fully saturated rings. The van der Waals surface area contributed by atoms with Gasteiger partial charge in [-0.25, -0.2) is 9.37 Å². The van der Waals surface area contributed by atoms with Gasteiger partial charge < -0.3 is 10.2 Å². The molecule has 27 heavy (non-hydrogen) atoms. The van der Waals surface area contributed by atoms with Crippen molar-refractivity contribution < 1.29 is 14.0 Å². The third kappa shape index (κ3) is 3.48. The Kier molecular flexibility index (Phi) is 4.27. The van der Waals surface area contributed by atoms with Gasteiger partial charge in [-0.05, 0) is 30.7 Å². The van der Waals surface area contributed by atoms with E-state index < -0.39 is 5.91 Å². The maximum absolute atomic E-state index is 13.3. The van der Waals surface area contributed by atoms with Crippen LogP contribution in [-0.4, -0.2) is 48.9 Å². The van der Waals surface area contributed by atoms with Crippen LogP contribution < -0.4 is 5.32 Å². The van der Waals surface area contributed by atoms with E-state index >= 15 is 0 Å². The first-order valence-corrected chi connectivity index (χ1v) is 8.51. The van der Waals surface area contributed by atoms with E-state index in [1.54, 1.807) is 29.3 Å². The number of hydrogen-bond acceptors (Lipinski definition) is 5. The summed E-state index contributed by atoms with van der Waals surface area (Å²) in [6.07, 6.45) is 1.87. The van der Waals surface area contributed by atoms with Gasteiger partial charge in [0.2, 0.25) is 11.7 Å². The van der Waals surface area contributed by atoms with Crippen LogP contribution in [0.2, 0.25) is 0 Å². The van der Waals surface area contributed by atoms with Crippen molar-refractivity contribution in [2.75, 3.05) is 6.54 Å². The quantitative estimate of drug-likeness (QED) is 0.745. The Balaban J connectivity index is 1.44. The first-order valence-electron chi connectivity index (χ1n) is 8.51. The van der Waals surface area contributed by atoms with Crippen LogP contribution >= 0.6 is 0 Å². The van der Waals surface area contributed by atoms with Crippen LogP contribution in [0, 0.1) is 12.7 Å². The topological polar surface area (TPSA) is 92.5 Å². The van der Waals surface area contributed by atoms with Gasteiger partial charge in [0.1, 0.15) is 5.82 Å². The molecule has 0 aliphatic carbocycles. The van der Waals surface area contributed by atoms with E-state index in [1.165, 1.54) is 16.5 Å². The molecule has 1 N–H and O–H groups in total. The third-order valence-corrected chi connectivity index (χ3v) is 4.43. The van der Waals surface area contributed by atoms with Crippen LogP contribution in [-0.2, 0) is 11.3 Å². The lowest BCUT2D eigenvalue weighted by Gasteiger charge is -2.17. The summed E-state index contributed by atoms with van der Waals surface area (Å²) in [6.45, 7) is 2.49. The number of nitrogens with one attached hydrogen (secondary N) is 1. The number of benzene rings is 1. The Morgan fingerprint density at radius 2 is 2.19 bits per heavy atom. The number of hydrogen-bond donors (Lipinski definition) is 1. The van der Waals surface area contributed by atoms with Crippen LogP contribution in [0.25, 0.3) is 5.78 Å². The molecule has 3 aromatic rings. The fourth-order valence-corrected chi connectivity index (χ4v) is 3.16. The summed E-state index contributed by atoms with van der Waals surface area (Å²) < 4.78 is 14.8. The van der Waals surface area contributed by atoms with E-state index in [2.05, 4.69) is 20.5 Å². The van der Waals surface area contributed by atoms with Gasteiger partial charge in [0, 0.05) is 31.4 Å². The monoisotopic (exact) mass is 368 g/mol. The van der Waals surface area contributed by atoms with Crippen molar-refractivity contribution in [2.24, 2.45) is 0 Å². The molecule has 0 spiro atoms. The molecule has 0 saturated carbocycles. The molecule has 1 atom stereocenters. The summed E-state index contributed by atoms with van der Waals surface area (Å²) in [7, 11) is 0. The molecule has 1 aliphatic heterocycles. The number of carbonyl (C=O) groups excluding carboxylic acids is 2. The third-order valence-electron chi connectivity index (χ3n) is 4.43. The smallest absolute Gasteiger partial charge is 0.289 e. The van der Waals surface area contributed by atoms with Gasteiger partial charge >= 0.3 is 0 Å². The lowest BCUT2D eigenvalue weighted by molar-refractivity contribution is -0.128. The molecule has 2 amide bonds. The minimum absolute atomic E-state index is 0.0899. The lowest BCUT2D eigenvalue weighted by Crippen LogP contribution is -2.37. The summed E-state index contributed by atoms with van der Waals surface area (Å²) in [5, 5.41) is 10.6. The number of likely N-dealkylation sites (tertiary alicyclic amines) is 1. The SMILES string of the molecule is Cc1ccn2c(C(=O)N[C@H]3CC(=O)N(Cc4cccc(F)c4)C3)nnc2n1. The maximum Gasteiger partial charge on any atom is 0.289 e. The van der Waals surface area contributed by atoms with Crippen LogP contribution in [0.5, 0.6) is 0 Å². The molecular formula is C18H17FN6O2. The summed E-state index contributed by atoms with van der Waals surface area (Å²) in [4.78, 5) is 30.6. The zero-order valence-electron chi connectivity index (χ0n) is 14.6. The first kappa shape index (κ1) is 17.1. The van der Waals surface area contributed by atoms with Gasteiger partial charge in [0.05, 0.1) is 6.04 Å². The summed E-state index contributed by atoms with van der Waals surface area (Å²) in [5.41, 5.74) is 1.48. The van der Waals surface area contributed by atoms with Gasteiger partial charge in [-0.1, -0.05) is 12.1 Å². The fraction of sp³-hybridized carbons (Fsp3) is 0.278. The number of halogens is 1. The van der Waals surface area contributed by atoms with Gasteiger partial charge in [0.25, 0.3) is 11.7 Å². The molecule has 2 aromatic heterocycles. The molecular weight excluding hydrogens is 351 g/mol. The van der Waals surface area contributed by atoms with Crippen LogP contribution in [0.15, 0.2) is 36.5 Å². The average molecular weight is 368 g/mol. The van der Waals surface area contributed by atoms with Crippen LogP contribution in [0.3, 0.4) is 0 Å². The highest BCUT2D eigenvalue weighted by Gasteiger charge is 2.31. The van der Waals surface area contributed by atoms with Crippen molar-refractivity contribution in [3.63, 3.8) is 0 Å². The molecule has 0 radical (unpaired) electrons. The highest BCUT2D eigenvalue weighted by molar-refractivity contribution is 5.92. The second kappa shape index (κ2) is 6.75. The van der Waals surface area contributed by atoms with Crippen molar-refractivity contribution in [3.05, 3.63) is 59.4 Å². The number of carbonyl (C=O) groups is 2. The number of aromatic nitrogens is 4. The zero-order valence-corrected chi connectivity index (χ0v) is 14.6. The number of rotatable bonds is 4. The van der Waals surface area contributed by atoms with Crippen molar-refractivity contribution in [2.45, 2.75) is 25.9 Å². The Labute approximate surface area is 154 Å². The average Bonchev–Trinajstić information content (AvgIpc) is 3.18. The second-order valence-corrected chi connectivity index (χ2v) is 6.54. The van der Waals surface area contributed by atoms with E-state index in [0.29, 0.717) is 24.4 Å². The predicted octanol–water partition coefficient (Wildman–Crippen LogP) is 1.10. The van der Waals surface area contributed by atoms with Crippen molar-refractivity contribution >= 4 is 17.6 Å². The van der Waals surface area contributed by atoms with Crippen molar-refractivity contribution in [1.82, 2.24) is 29.8 Å². The normalized spacial score (nSPS) is 16.9. The van der Waals surface area contributed by atoms with Gasteiger partial charge in [-0.3, -0.25) is 14.0 Å². The van der Waals surface area contributed by atoms with E-state index in [0.717, 1.165) is 5.69 Å². The van der Waals surface area contributed by atoms with Crippen LogP contribution in [0.1, 0.15) is 28.3 Å². The first-order chi connectivity index (χ1) is 13.0. The molecule has 3 heterocycles. The van der Waals surface area contributed by atoms with Gasteiger partial charge in [0.15, 0.2) is 0 Å². The minimum Gasteiger partial charge on any atom is -0.344 e. The lowest BCUT2D eigenvalue weighted by atomic mass is 10.2. The summed E-state index contributed by atoms with van der Waals surface area (Å²) >= 11 is 0. The highest BCUT2D eigenvalue weighted by atomic mass is 19.1. The standard InChI is InChI=1S/C18H17FN6O2/c1-11-5-6-25-16(22-23-18(25)20-11)17(27)21-14-8-15(26)24(10-14)9-12-3-2-4-13(19)7-12/h2-7,14H,8-10H2,1H3,(H,21,27)/t14-/m0/s1. The molecule has 8 nitrogen and oxygen atoms in total. The maximum atomic E-state index is 13.3. The fourth-order valence-electron chi connectivity index (χ4n) is 3.16. The van der Waals surface area contributed by atoms with Crippen LogP contribution in [0.4, 0.5) is 4.39 Å². The summed E-state index contributed by atoms with van der Waals surface area (Å²) in [5.74, 6) is -0.387. The second-order valence-electron chi connectivity index (χ2n) is 6.54. The molecule has 4 rings (SSSR count).